The van der Waals surface area contributed by atoms with Gasteiger partial charge in [0.2, 0.25) is 5.91 Å². The van der Waals surface area contributed by atoms with E-state index in [4.69, 9.17) is 5.73 Å². The summed E-state index contributed by atoms with van der Waals surface area (Å²) in [5.41, 5.74) is 4.64. The monoisotopic (exact) mass is 246 g/mol. The molecule has 1 unspecified atom stereocenters. The van der Waals surface area contributed by atoms with Crippen molar-refractivity contribution >= 4 is 5.91 Å². The van der Waals surface area contributed by atoms with Gasteiger partial charge < -0.3 is 5.73 Å². The Morgan fingerprint density at radius 3 is 2.47 bits per heavy atom. The van der Waals surface area contributed by atoms with Crippen LogP contribution in [0.3, 0.4) is 0 Å². The van der Waals surface area contributed by atoms with E-state index in [1.165, 1.54) is 6.07 Å². The number of amides is 1. The lowest BCUT2D eigenvalue weighted by molar-refractivity contribution is -0.141. The number of alkyl halides is 3. The molecule has 0 radical (unpaired) electrons. The maximum atomic E-state index is 12.3. The van der Waals surface area contributed by atoms with Crippen molar-refractivity contribution in [2.24, 2.45) is 5.73 Å². The van der Waals surface area contributed by atoms with Gasteiger partial charge in [-0.1, -0.05) is 19.4 Å². The molecule has 0 aromatic carbocycles. The van der Waals surface area contributed by atoms with Gasteiger partial charge in [-0.05, 0) is 18.1 Å². The van der Waals surface area contributed by atoms with Crippen molar-refractivity contribution in [2.75, 3.05) is 0 Å². The minimum Gasteiger partial charge on any atom is -0.369 e. The topological polar surface area (TPSA) is 56.0 Å². The third-order valence-electron chi connectivity index (χ3n) is 2.40. The number of primary amides is 1. The number of hydrogen-bond acceptors (Lipinski definition) is 2. The number of halogens is 3. The van der Waals surface area contributed by atoms with E-state index in [-0.39, 0.29) is 0 Å². The molecule has 1 amide bonds. The molecule has 2 N–H and O–H groups in total. The van der Waals surface area contributed by atoms with Gasteiger partial charge in [-0.25, -0.2) is 0 Å². The van der Waals surface area contributed by atoms with E-state index in [0.717, 1.165) is 12.3 Å². The first-order valence-corrected chi connectivity index (χ1v) is 5.18. The van der Waals surface area contributed by atoms with Crippen molar-refractivity contribution in [3.05, 3.63) is 29.6 Å². The Kier molecular flexibility index (Phi) is 4.09. The first kappa shape index (κ1) is 13.5. The Hall–Kier alpha value is -1.59. The lowest BCUT2D eigenvalue weighted by Gasteiger charge is -2.13. The zero-order chi connectivity index (χ0) is 13.1. The van der Waals surface area contributed by atoms with Crippen molar-refractivity contribution in [1.82, 2.24) is 4.98 Å². The SMILES string of the molecule is CCCC(C(N)=O)c1ccc(C(F)(F)F)nc1. The molecule has 0 bridgehead atoms. The van der Waals surface area contributed by atoms with Gasteiger partial charge in [-0.15, -0.1) is 0 Å². The van der Waals surface area contributed by atoms with Crippen LogP contribution in [0.15, 0.2) is 18.3 Å². The number of nitrogens with zero attached hydrogens (tertiary/aromatic N) is 1. The van der Waals surface area contributed by atoms with Gasteiger partial charge >= 0.3 is 6.18 Å². The largest absolute Gasteiger partial charge is 0.433 e. The second-order valence-electron chi connectivity index (χ2n) is 3.72. The molecule has 0 aliphatic rings. The van der Waals surface area contributed by atoms with Gasteiger partial charge in [0.1, 0.15) is 5.69 Å². The molecule has 1 aromatic rings. The Labute approximate surface area is 96.8 Å². The Morgan fingerprint density at radius 2 is 2.12 bits per heavy atom. The number of rotatable bonds is 4. The molecule has 6 heteroatoms. The molecule has 1 rings (SSSR count). The predicted octanol–water partition coefficient (Wildman–Crippen LogP) is 2.47. The lowest BCUT2D eigenvalue weighted by Crippen LogP contribution is -2.21. The van der Waals surface area contributed by atoms with E-state index >= 15 is 0 Å². The summed E-state index contributed by atoms with van der Waals surface area (Å²) in [5, 5.41) is 0. The van der Waals surface area contributed by atoms with Crippen LogP contribution in [0.4, 0.5) is 13.2 Å². The van der Waals surface area contributed by atoms with Crippen molar-refractivity contribution in [3.8, 4) is 0 Å². The summed E-state index contributed by atoms with van der Waals surface area (Å²) >= 11 is 0. The van der Waals surface area contributed by atoms with E-state index < -0.39 is 23.7 Å². The van der Waals surface area contributed by atoms with E-state index in [2.05, 4.69) is 4.98 Å². The number of carbonyl (C=O) groups excluding carboxylic acids is 1. The Bertz CT molecular complexity index is 387. The van der Waals surface area contributed by atoms with E-state index in [9.17, 15) is 18.0 Å². The zero-order valence-corrected chi connectivity index (χ0v) is 9.29. The summed E-state index contributed by atoms with van der Waals surface area (Å²) in [4.78, 5) is 14.4. The molecule has 1 aromatic heterocycles. The van der Waals surface area contributed by atoms with E-state index in [1.54, 1.807) is 0 Å². The number of nitrogens with two attached hydrogens (primary N) is 1. The van der Waals surface area contributed by atoms with Gasteiger partial charge in [0, 0.05) is 6.20 Å². The third kappa shape index (κ3) is 3.44. The summed E-state index contributed by atoms with van der Waals surface area (Å²) in [7, 11) is 0. The molecular weight excluding hydrogens is 233 g/mol. The van der Waals surface area contributed by atoms with Gasteiger partial charge in [0.15, 0.2) is 0 Å². The first-order valence-electron chi connectivity index (χ1n) is 5.18. The van der Waals surface area contributed by atoms with E-state index in [1.807, 2.05) is 6.92 Å². The average molecular weight is 246 g/mol. The van der Waals surface area contributed by atoms with Crippen LogP contribution in [0.5, 0.6) is 0 Å². The maximum absolute atomic E-state index is 12.3. The molecule has 0 saturated carbocycles. The van der Waals surface area contributed by atoms with Crippen LogP contribution in [0.1, 0.15) is 36.9 Å². The average Bonchev–Trinajstić information content (AvgIpc) is 2.24. The van der Waals surface area contributed by atoms with Crippen molar-refractivity contribution < 1.29 is 18.0 Å². The summed E-state index contributed by atoms with van der Waals surface area (Å²) in [6.07, 6.45) is -2.18. The number of hydrogen-bond donors (Lipinski definition) is 1. The van der Waals surface area contributed by atoms with Crippen LogP contribution < -0.4 is 5.73 Å². The van der Waals surface area contributed by atoms with Crippen LogP contribution >= 0.6 is 0 Å². The molecule has 17 heavy (non-hydrogen) atoms. The van der Waals surface area contributed by atoms with Crippen molar-refractivity contribution in [1.29, 1.82) is 0 Å². The summed E-state index contributed by atoms with van der Waals surface area (Å²) in [6, 6.07) is 2.11. The first-order chi connectivity index (χ1) is 7.86. The molecule has 0 saturated heterocycles. The van der Waals surface area contributed by atoms with Crippen LogP contribution in [0.25, 0.3) is 0 Å². The van der Waals surface area contributed by atoms with Gasteiger partial charge in [-0.2, -0.15) is 13.2 Å². The van der Waals surface area contributed by atoms with Crippen LogP contribution in [-0.4, -0.2) is 10.9 Å². The smallest absolute Gasteiger partial charge is 0.369 e. The Morgan fingerprint density at radius 1 is 1.47 bits per heavy atom. The quantitative estimate of drug-likeness (QED) is 0.887. The normalized spacial score (nSPS) is 13.4. The number of carbonyl (C=O) groups is 1. The summed E-state index contributed by atoms with van der Waals surface area (Å²) in [5.74, 6) is -1.12. The standard InChI is InChI=1S/C11H13F3N2O/c1-2-3-8(10(15)17)7-4-5-9(16-6-7)11(12,13)14/h4-6,8H,2-3H2,1H3,(H2,15,17). The van der Waals surface area contributed by atoms with Crippen molar-refractivity contribution in [2.45, 2.75) is 31.9 Å². The molecule has 94 valence electrons. The molecule has 0 aliphatic carbocycles. The van der Waals surface area contributed by atoms with Gasteiger partial charge in [-0.3, -0.25) is 9.78 Å². The highest BCUT2D eigenvalue weighted by molar-refractivity contribution is 5.81. The zero-order valence-electron chi connectivity index (χ0n) is 9.29. The van der Waals surface area contributed by atoms with Crippen LogP contribution in [0, 0.1) is 0 Å². The molecular formula is C11H13F3N2O. The van der Waals surface area contributed by atoms with Crippen LogP contribution in [-0.2, 0) is 11.0 Å². The van der Waals surface area contributed by atoms with Crippen LogP contribution in [0.2, 0.25) is 0 Å². The van der Waals surface area contributed by atoms with Gasteiger partial charge in [0.25, 0.3) is 0 Å². The highest BCUT2D eigenvalue weighted by Crippen LogP contribution is 2.28. The van der Waals surface area contributed by atoms with Gasteiger partial charge in [0.05, 0.1) is 5.92 Å². The second kappa shape index (κ2) is 5.16. The molecule has 1 heterocycles. The number of pyridine rings is 1. The fourth-order valence-electron chi connectivity index (χ4n) is 1.54. The minimum absolute atomic E-state index is 0.423. The predicted molar refractivity (Wildman–Crippen MR) is 56.1 cm³/mol. The molecule has 1 atom stereocenters. The fraction of sp³-hybridized carbons (Fsp3) is 0.455. The Balaban J connectivity index is 2.96. The molecule has 0 spiro atoms. The molecule has 0 aliphatic heterocycles. The third-order valence-corrected chi connectivity index (χ3v) is 2.40. The lowest BCUT2D eigenvalue weighted by atomic mass is 9.95. The minimum atomic E-state index is -4.47. The highest BCUT2D eigenvalue weighted by atomic mass is 19.4. The fourth-order valence-corrected chi connectivity index (χ4v) is 1.54. The maximum Gasteiger partial charge on any atom is 0.433 e. The summed E-state index contributed by atoms with van der Waals surface area (Å²) in [6.45, 7) is 1.87. The molecule has 0 fully saturated rings. The van der Waals surface area contributed by atoms with E-state index in [0.29, 0.717) is 18.4 Å². The number of aromatic nitrogens is 1. The highest BCUT2D eigenvalue weighted by Gasteiger charge is 2.32. The molecule has 3 nitrogen and oxygen atoms in total. The van der Waals surface area contributed by atoms with Crippen molar-refractivity contribution in [3.63, 3.8) is 0 Å². The summed E-state index contributed by atoms with van der Waals surface area (Å²) < 4.78 is 36.8. The second-order valence-corrected chi connectivity index (χ2v) is 3.72.